The number of benzene rings is 1. The van der Waals surface area contributed by atoms with E-state index >= 15 is 0 Å². The lowest BCUT2D eigenvalue weighted by Gasteiger charge is -2.35. The second-order valence-corrected chi connectivity index (χ2v) is 5.56. The third kappa shape index (κ3) is 3.31. The molecule has 1 aromatic carbocycles. The molecule has 1 aromatic heterocycles. The number of likely N-dealkylation sites (tertiary alicyclic amines) is 1. The zero-order valence-corrected chi connectivity index (χ0v) is 12.3. The van der Waals surface area contributed by atoms with Gasteiger partial charge in [-0.05, 0) is 24.1 Å². The van der Waals surface area contributed by atoms with Gasteiger partial charge in [0.2, 0.25) is 0 Å². The van der Waals surface area contributed by atoms with E-state index < -0.39 is 0 Å². The fraction of sp³-hybridized carbons (Fsp3) is 0.353. The number of hydrogen-bond acceptors (Lipinski definition) is 3. The van der Waals surface area contributed by atoms with E-state index in [2.05, 4.69) is 17.4 Å². The normalized spacial score (nSPS) is 16.1. The minimum absolute atomic E-state index is 0.114. The summed E-state index contributed by atoms with van der Waals surface area (Å²) in [5, 5.41) is 12.1. The molecule has 116 valence electrons. The van der Waals surface area contributed by atoms with Crippen molar-refractivity contribution in [1.29, 1.82) is 0 Å². The van der Waals surface area contributed by atoms with Crippen LogP contribution in [0.25, 0.3) is 0 Å². The molecule has 2 amide bonds. The van der Waals surface area contributed by atoms with Crippen molar-refractivity contribution in [2.24, 2.45) is 0 Å². The number of carbonyl (C=O) groups excluding carboxylic acids is 1. The number of nitrogens with zero attached hydrogens (tertiary/aromatic N) is 1. The summed E-state index contributed by atoms with van der Waals surface area (Å²) in [5.41, 5.74) is 1.17. The van der Waals surface area contributed by atoms with E-state index in [1.165, 1.54) is 5.56 Å². The number of carbonyl (C=O) groups is 1. The number of urea groups is 1. The molecule has 5 heteroatoms. The standard InChI is InChI=1S/C17H20N2O3/c20-14-11-19(12-14)17(21)18-9-8-15(16-7-4-10-22-16)13-5-2-1-3-6-13/h1-7,10,14-15,20H,8-9,11-12H2,(H,18,21)/t15-/m1/s1. The summed E-state index contributed by atoms with van der Waals surface area (Å²) in [5.74, 6) is 1.03. The highest BCUT2D eigenvalue weighted by Gasteiger charge is 2.28. The Labute approximate surface area is 129 Å². The highest BCUT2D eigenvalue weighted by Crippen LogP contribution is 2.27. The van der Waals surface area contributed by atoms with Crippen LogP contribution >= 0.6 is 0 Å². The minimum Gasteiger partial charge on any atom is -0.469 e. The molecule has 1 aliphatic heterocycles. The maximum Gasteiger partial charge on any atom is 0.317 e. The molecular weight excluding hydrogens is 280 g/mol. The molecule has 0 saturated carbocycles. The van der Waals surface area contributed by atoms with Crippen molar-refractivity contribution < 1.29 is 14.3 Å². The number of β-amino-alcohol motifs (C(OH)–C–C–N with tert-alkyl or cyclic N) is 1. The van der Waals surface area contributed by atoms with Crippen molar-refractivity contribution >= 4 is 6.03 Å². The summed E-state index contributed by atoms with van der Waals surface area (Å²) in [4.78, 5) is 13.5. The topological polar surface area (TPSA) is 65.7 Å². The number of nitrogens with one attached hydrogen (secondary N) is 1. The van der Waals surface area contributed by atoms with Gasteiger partial charge in [-0.3, -0.25) is 0 Å². The molecule has 2 N–H and O–H groups in total. The van der Waals surface area contributed by atoms with Crippen molar-refractivity contribution in [3.8, 4) is 0 Å². The number of furan rings is 1. The number of amides is 2. The van der Waals surface area contributed by atoms with Crippen molar-refractivity contribution in [2.75, 3.05) is 19.6 Å². The van der Waals surface area contributed by atoms with Crippen LogP contribution in [0.15, 0.2) is 53.1 Å². The van der Waals surface area contributed by atoms with Gasteiger partial charge < -0.3 is 19.7 Å². The quantitative estimate of drug-likeness (QED) is 0.889. The molecule has 22 heavy (non-hydrogen) atoms. The number of aliphatic hydroxyl groups excluding tert-OH is 1. The lowest BCUT2D eigenvalue weighted by atomic mass is 9.93. The van der Waals surface area contributed by atoms with E-state index in [1.807, 2.05) is 30.3 Å². The Morgan fingerprint density at radius 1 is 1.27 bits per heavy atom. The first-order valence-electron chi connectivity index (χ1n) is 7.53. The van der Waals surface area contributed by atoms with Crippen LogP contribution in [-0.2, 0) is 0 Å². The molecule has 5 nitrogen and oxygen atoms in total. The molecule has 1 atom stereocenters. The molecule has 0 bridgehead atoms. The van der Waals surface area contributed by atoms with Crippen LogP contribution in [0.3, 0.4) is 0 Å². The Morgan fingerprint density at radius 2 is 2.05 bits per heavy atom. The second-order valence-electron chi connectivity index (χ2n) is 5.56. The lowest BCUT2D eigenvalue weighted by Crippen LogP contribution is -2.56. The number of rotatable bonds is 5. The predicted molar refractivity (Wildman–Crippen MR) is 82.6 cm³/mol. The molecule has 1 fully saturated rings. The van der Waals surface area contributed by atoms with Crippen LogP contribution in [0.5, 0.6) is 0 Å². The van der Waals surface area contributed by atoms with Crippen LogP contribution in [0.2, 0.25) is 0 Å². The first kappa shape index (κ1) is 14.7. The van der Waals surface area contributed by atoms with Gasteiger partial charge in [0.1, 0.15) is 5.76 Å². The third-order valence-electron chi connectivity index (χ3n) is 3.95. The summed E-state index contributed by atoms with van der Waals surface area (Å²) in [7, 11) is 0. The summed E-state index contributed by atoms with van der Waals surface area (Å²) < 4.78 is 5.55. The Balaban J connectivity index is 1.58. The predicted octanol–water partition coefficient (Wildman–Crippen LogP) is 2.19. The Bertz CT molecular complexity index is 592. The smallest absolute Gasteiger partial charge is 0.317 e. The summed E-state index contributed by atoms with van der Waals surface area (Å²) in [6.45, 7) is 1.41. The Hall–Kier alpha value is -2.27. The lowest BCUT2D eigenvalue weighted by molar-refractivity contribution is 0.0266. The fourth-order valence-corrected chi connectivity index (χ4v) is 2.70. The van der Waals surface area contributed by atoms with Gasteiger partial charge in [0, 0.05) is 12.5 Å². The maximum absolute atomic E-state index is 11.9. The monoisotopic (exact) mass is 300 g/mol. The molecule has 1 aliphatic rings. The fourth-order valence-electron chi connectivity index (χ4n) is 2.70. The highest BCUT2D eigenvalue weighted by molar-refractivity contribution is 5.75. The van der Waals surface area contributed by atoms with Crippen molar-refractivity contribution in [2.45, 2.75) is 18.4 Å². The van der Waals surface area contributed by atoms with Crippen LogP contribution in [-0.4, -0.2) is 41.8 Å². The van der Waals surface area contributed by atoms with Crippen molar-refractivity contribution in [1.82, 2.24) is 10.2 Å². The minimum atomic E-state index is -0.370. The van der Waals surface area contributed by atoms with E-state index in [1.54, 1.807) is 11.2 Å². The molecule has 0 aliphatic carbocycles. The Morgan fingerprint density at radius 3 is 2.68 bits per heavy atom. The Kier molecular flexibility index (Phi) is 4.44. The summed E-state index contributed by atoms with van der Waals surface area (Å²) in [6, 6.07) is 13.9. The van der Waals surface area contributed by atoms with Gasteiger partial charge in [-0.1, -0.05) is 30.3 Å². The summed E-state index contributed by atoms with van der Waals surface area (Å²) >= 11 is 0. The van der Waals surface area contributed by atoms with Gasteiger partial charge >= 0.3 is 6.03 Å². The molecule has 0 spiro atoms. The maximum atomic E-state index is 11.9. The van der Waals surface area contributed by atoms with Gasteiger partial charge in [0.15, 0.2) is 0 Å². The molecule has 0 unspecified atom stereocenters. The van der Waals surface area contributed by atoms with Crippen molar-refractivity contribution in [3.63, 3.8) is 0 Å². The van der Waals surface area contributed by atoms with E-state index in [0.29, 0.717) is 19.6 Å². The zero-order valence-electron chi connectivity index (χ0n) is 12.3. The van der Waals surface area contributed by atoms with E-state index in [-0.39, 0.29) is 18.1 Å². The average Bonchev–Trinajstić information content (AvgIpc) is 3.03. The molecule has 1 saturated heterocycles. The third-order valence-corrected chi connectivity index (χ3v) is 3.95. The number of aliphatic hydroxyl groups is 1. The second kappa shape index (κ2) is 6.66. The molecule has 2 heterocycles. The molecule has 0 radical (unpaired) electrons. The number of hydrogen-bond donors (Lipinski definition) is 2. The van der Waals surface area contributed by atoms with Gasteiger partial charge in [-0.25, -0.2) is 4.79 Å². The van der Waals surface area contributed by atoms with Gasteiger partial charge in [-0.15, -0.1) is 0 Å². The highest BCUT2D eigenvalue weighted by atomic mass is 16.3. The van der Waals surface area contributed by atoms with Gasteiger partial charge in [0.25, 0.3) is 0 Å². The van der Waals surface area contributed by atoms with Crippen LogP contribution < -0.4 is 5.32 Å². The summed E-state index contributed by atoms with van der Waals surface area (Å²) in [6.07, 6.45) is 2.07. The van der Waals surface area contributed by atoms with Crippen LogP contribution in [0, 0.1) is 0 Å². The average molecular weight is 300 g/mol. The SMILES string of the molecule is O=C(NCC[C@H](c1ccccc1)c1ccco1)N1CC(O)C1. The van der Waals surface area contributed by atoms with E-state index in [4.69, 9.17) is 4.42 Å². The van der Waals surface area contributed by atoms with E-state index in [9.17, 15) is 9.90 Å². The first-order chi connectivity index (χ1) is 10.7. The van der Waals surface area contributed by atoms with Crippen molar-refractivity contribution in [3.05, 3.63) is 60.1 Å². The van der Waals surface area contributed by atoms with Crippen LogP contribution in [0.1, 0.15) is 23.7 Å². The first-order valence-corrected chi connectivity index (χ1v) is 7.53. The molecular formula is C17H20N2O3. The zero-order chi connectivity index (χ0) is 15.4. The van der Waals surface area contributed by atoms with Crippen LogP contribution in [0.4, 0.5) is 4.79 Å². The molecule has 2 aromatic rings. The van der Waals surface area contributed by atoms with E-state index in [0.717, 1.165) is 12.2 Å². The van der Waals surface area contributed by atoms with Gasteiger partial charge in [-0.2, -0.15) is 0 Å². The molecule has 3 rings (SSSR count). The van der Waals surface area contributed by atoms with Gasteiger partial charge in [0.05, 0.1) is 25.5 Å². The largest absolute Gasteiger partial charge is 0.469 e.